The zero-order valence-corrected chi connectivity index (χ0v) is 17.0. The van der Waals surface area contributed by atoms with Crippen LogP contribution in [0.4, 0.5) is 0 Å². The quantitative estimate of drug-likeness (QED) is 0.341. The van der Waals surface area contributed by atoms with Crippen molar-refractivity contribution in [3.05, 3.63) is 30.3 Å². The van der Waals surface area contributed by atoms with Crippen LogP contribution in [0.15, 0.2) is 30.3 Å². The molecule has 1 saturated heterocycles. The van der Waals surface area contributed by atoms with Crippen molar-refractivity contribution >= 4 is 13.7 Å². The maximum absolute atomic E-state index is 13.3. The minimum Gasteiger partial charge on any atom is -0.465 e. The first kappa shape index (κ1) is 21.9. The molecule has 152 valence electrons. The van der Waals surface area contributed by atoms with E-state index in [2.05, 4.69) is 5.09 Å². The molecule has 27 heavy (non-hydrogen) atoms. The van der Waals surface area contributed by atoms with E-state index in [1.54, 1.807) is 31.2 Å². The topological polar surface area (TPSA) is 83.1 Å². The van der Waals surface area contributed by atoms with Crippen molar-refractivity contribution < 1.29 is 27.9 Å². The van der Waals surface area contributed by atoms with Crippen molar-refractivity contribution in [3.8, 4) is 5.75 Å². The highest BCUT2D eigenvalue weighted by atomic mass is 31.2. The largest absolute Gasteiger partial charge is 0.465 e. The molecule has 2 rings (SSSR count). The van der Waals surface area contributed by atoms with E-state index < -0.39 is 19.8 Å². The zero-order chi connectivity index (χ0) is 19.5. The molecule has 0 aliphatic carbocycles. The van der Waals surface area contributed by atoms with Gasteiger partial charge in [-0.3, -0.25) is 9.32 Å². The lowest BCUT2D eigenvalue weighted by Crippen LogP contribution is -2.36. The van der Waals surface area contributed by atoms with Crippen molar-refractivity contribution in [2.24, 2.45) is 0 Å². The van der Waals surface area contributed by atoms with Gasteiger partial charge in [0.05, 0.1) is 19.3 Å². The van der Waals surface area contributed by atoms with Gasteiger partial charge < -0.3 is 14.0 Å². The molecule has 2 unspecified atom stereocenters. The van der Waals surface area contributed by atoms with E-state index in [4.69, 9.17) is 18.5 Å². The highest BCUT2D eigenvalue weighted by Gasteiger charge is 2.33. The molecule has 0 radical (unpaired) electrons. The molecule has 0 aromatic heterocycles. The van der Waals surface area contributed by atoms with Crippen LogP contribution < -0.4 is 9.61 Å². The molecule has 0 saturated carbocycles. The summed E-state index contributed by atoms with van der Waals surface area (Å²) >= 11 is 0. The van der Waals surface area contributed by atoms with E-state index in [-0.39, 0.29) is 12.7 Å². The third-order valence-corrected chi connectivity index (χ3v) is 5.76. The summed E-state index contributed by atoms with van der Waals surface area (Å²) in [5, 5.41) is 2.69. The summed E-state index contributed by atoms with van der Waals surface area (Å²) in [7, 11) is -3.79. The van der Waals surface area contributed by atoms with Crippen molar-refractivity contribution in [3.63, 3.8) is 0 Å². The van der Waals surface area contributed by atoms with Crippen LogP contribution in [0.5, 0.6) is 5.75 Å². The van der Waals surface area contributed by atoms with Crippen molar-refractivity contribution in [1.29, 1.82) is 0 Å². The van der Waals surface area contributed by atoms with Crippen LogP contribution in [0.3, 0.4) is 0 Å². The Morgan fingerprint density at radius 1 is 1.33 bits per heavy atom. The lowest BCUT2D eigenvalue weighted by molar-refractivity contribution is -0.145. The zero-order valence-electron chi connectivity index (χ0n) is 16.1. The summed E-state index contributed by atoms with van der Waals surface area (Å²) in [6.45, 7) is 4.73. The molecule has 1 fully saturated rings. The molecule has 0 amide bonds. The first-order valence-corrected chi connectivity index (χ1v) is 11.1. The molecule has 1 heterocycles. The van der Waals surface area contributed by atoms with Gasteiger partial charge >= 0.3 is 13.7 Å². The van der Waals surface area contributed by atoms with Gasteiger partial charge in [-0.05, 0) is 44.7 Å². The average molecular weight is 399 g/mol. The Kier molecular flexibility index (Phi) is 9.28. The number of benzene rings is 1. The Morgan fingerprint density at radius 2 is 2.11 bits per heavy atom. The molecular formula is C19H30NO6P. The summed E-state index contributed by atoms with van der Waals surface area (Å²) in [6, 6.07) is 7.90. The fourth-order valence-electron chi connectivity index (χ4n) is 2.56. The van der Waals surface area contributed by atoms with E-state index >= 15 is 0 Å². The van der Waals surface area contributed by atoms with Crippen molar-refractivity contribution in [2.75, 3.05) is 19.8 Å². The number of nitrogens with one attached hydrogen (secondary N) is 1. The van der Waals surface area contributed by atoms with Crippen LogP contribution >= 0.6 is 7.75 Å². The minimum absolute atomic E-state index is 0.125. The average Bonchev–Trinajstić information content (AvgIpc) is 2.68. The van der Waals surface area contributed by atoms with Gasteiger partial charge in [-0.1, -0.05) is 31.5 Å². The van der Waals surface area contributed by atoms with Gasteiger partial charge in [0, 0.05) is 6.61 Å². The molecule has 1 aromatic rings. The molecule has 7 nitrogen and oxygen atoms in total. The second kappa shape index (κ2) is 11.4. The third kappa shape index (κ3) is 8.01. The summed E-state index contributed by atoms with van der Waals surface area (Å²) in [5.41, 5.74) is 0. The highest BCUT2D eigenvalue weighted by molar-refractivity contribution is 7.52. The van der Waals surface area contributed by atoms with Gasteiger partial charge in [0.15, 0.2) is 0 Å². The fraction of sp³-hybridized carbons (Fsp3) is 0.632. The van der Waals surface area contributed by atoms with E-state index in [0.29, 0.717) is 19.0 Å². The smallest absolute Gasteiger partial charge is 0.459 e. The predicted molar refractivity (Wildman–Crippen MR) is 103 cm³/mol. The van der Waals surface area contributed by atoms with Gasteiger partial charge in [-0.2, -0.15) is 5.09 Å². The molecule has 1 aliphatic rings. The van der Waals surface area contributed by atoms with Crippen LogP contribution in [0.25, 0.3) is 0 Å². The Hall–Kier alpha value is -1.40. The molecule has 1 N–H and O–H groups in total. The van der Waals surface area contributed by atoms with Gasteiger partial charge in [0.25, 0.3) is 0 Å². The highest BCUT2D eigenvalue weighted by Crippen LogP contribution is 2.45. The third-order valence-electron chi connectivity index (χ3n) is 4.12. The molecular weight excluding hydrogens is 369 g/mol. The van der Waals surface area contributed by atoms with E-state index in [9.17, 15) is 9.36 Å². The fourth-order valence-corrected chi connectivity index (χ4v) is 4.08. The Bertz CT molecular complexity index is 605. The van der Waals surface area contributed by atoms with E-state index in [1.807, 2.05) is 13.0 Å². The number of esters is 1. The molecule has 0 bridgehead atoms. The van der Waals surface area contributed by atoms with Gasteiger partial charge in [-0.15, -0.1) is 0 Å². The Balaban J connectivity index is 1.99. The van der Waals surface area contributed by atoms with E-state index in [1.165, 1.54) is 0 Å². The summed E-state index contributed by atoms with van der Waals surface area (Å²) in [5.74, 6) is -0.0951. The lowest BCUT2D eigenvalue weighted by atomic mass is 10.1. The number of hydrogen-bond acceptors (Lipinski definition) is 6. The Morgan fingerprint density at radius 3 is 2.78 bits per heavy atom. The molecule has 1 aliphatic heterocycles. The van der Waals surface area contributed by atoms with Crippen LogP contribution in [-0.2, 0) is 23.4 Å². The minimum atomic E-state index is -3.79. The lowest BCUT2D eigenvalue weighted by Gasteiger charge is -2.26. The van der Waals surface area contributed by atoms with Crippen molar-refractivity contribution in [1.82, 2.24) is 5.09 Å². The second-order valence-electron chi connectivity index (χ2n) is 6.56. The number of para-hydroxylation sites is 1. The summed E-state index contributed by atoms with van der Waals surface area (Å²) in [6.07, 6.45) is 4.50. The molecule has 3 atom stereocenters. The Labute approximate surface area is 161 Å². The molecule has 8 heteroatoms. The van der Waals surface area contributed by atoms with Crippen LogP contribution in [0.2, 0.25) is 0 Å². The normalized spacial score (nSPS) is 20.4. The number of ether oxygens (including phenoxy) is 2. The van der Waals surface area contributed by atoms with Crippen LogP contribution in [-0.4, -0.2) is 37.9 Å². The number of hydrogen-bond donors (Lipinski definition) is 1. The van der Waals surface area contributed by atoms with Gasteiger partial charge in [-0.25, -0.2) is 4.57 Å². The first-order valence-electron chi connectivity index (χ1n) is 9.57. The summed E-state index contributed by atoms with van der Waals surface area (Å²) in [4.78, 5) is 12.1. The molecule has 1 aromatic carbocycles. The number of carbonyl (C=O) groups excluding carboxylic acids is 1. The number of rotatable bonds is 11. The summed E-state index contributed by atoms with van der Waals surface area (Å²) < 4.78 is 35.3. The molecule has 0 spiro atoms. The van der Waals surface area contributed by atoms with Gasteiger partial charge in [0.2, 0.25) is 0 Å². The van der Waals surface area contributed by atoms with Crippen LogP contribution in [0.1, 0.15) is 46.0 Å². The monoisotopic (exact) mass is 399 g/mol. The maximum Gasteiger partial charge on any atom is 0.459 e. The van der Waals surface area contributed by atoms with E-state index in [0.717, 1.165) is 32.1 Å². The first-order chi connectivity index (χ1) is 13.0. The predicted octanol–water partition coefficient (Wildman–Crippen LogP) is 4.08. The van der Waals surface area contributed by atoms with Gasteiger partial charge in [0.1, 0.15) is 11.8 Å². The van der Waals surface area contributed by atoms with Crippen LogP contribution in [0, 0.1) is 0 Å². The number of carbonyl (C=O) groups is 1. The number of unbranched alkanes of at least 4 members (excludes halogenated alkanes) is 1. The van der Waals surface area contributed by atoms with Crippen molar-refractivity contribution in [2.45, 2.75) is 58.1 Å². The maximum atomic E-state index is 13.3. The standard InChI is InChI=1S/C19H30NO6P/c1-3-4-13-24-19(21)16(2)20-27(22,26-17-10-6-5-7-11-17)25-15-18-12-8-9-14-23-18/h5-7,10-11,16,18H,3-4,8-9,12-15H2,1-2H3,(H,20,22)/t16-,18?,27?/m0/s1. The SMILES string of the molecule is CCCCOC(=O)[C@H](C)NP(=O)(OCC1CCCCO1)Oc1ccccc1. The second-order valence-corrected chi connectivity index (χ2v) is 8.25.